The average molecular weight is 480 g/mol. The van der Waals surface area contributed by atoms with E-state index in [1.165, 1.54) is 4.31 Å². The number of sulfonamides is 2. The smallest absolute Gasteiger partial charge is 0.307 e. The molecule has 1 aliphatic heterocycles. The molecule has 2 rings (SSSR count). The molecule has 0 atom stereocenters. The first kappa shape index (κ1) is 24.9. The van der Waals surface area contributed by atoms with Crippen molar-refractivity contribution >= 4 is 43.4 Å². The van der Waals surface area contributed by atoms with E-state index in [9.17, 15) is 21.6 Å². The van der Waals surface area contributed by atoms with E-state index in [0.717, 1.165) is 17.4 Å². The fraction of sp³-hybridized carbons (Fsp3) is 0.632. The van der Waals surface area contributed by atoms with Gasteiger partial charge in [-0.05, 0) is 47.9 Å². The molecular weight excluding hydrogens is 450 g/mol. The van der Waals surface area contributed by atoms with Gasteiger partial charge in [0.25, 0.3) is 0 Å². The minimum atomic E-state index is -3.96. The summed E-state index contributed by atoms with van der Waals surface area (Å²) in [6, 6.07) is 2.69. The minimum Gasteiger partial charge on any atom is -0.307 e. The molecule has 8 nitrogen and oxygen atoms in total. The summed E-state index contributed by atoms with van der Waals surface area (Å²) in [7, 11) is -7.32. The number of hydrogen-bond acceptors (Lipinski definition) is 5. The fourth-order valence-electron chi connectivity index (χ4n) is 3.53. The summed E-state index contributed by atoms with van der Waals surface area (Å²) in [6.07, 6.45) is 1.36. The lowest BCUT2D eigenvalue weighted by molar-refractivity contribution is 0.256. The van der Waals surface area contributed by atoms with Gasteiger partial charge in [-0.3, -0.25) is 0 Å². The molecule has 30 heavy (non-hydrogen) atoms. The molecule has 0 aromatic heterocycles. The number of amides is 2. The Bertz CT molecular complexity index is 970. The summed E-state index contributed by atoms with van der Waals surface area (Å²) >= 11 is 6.23. The zero-order chi connectivity index (χ0) is 22.9. The van der Waals surface area contributed by atoms with Crippen LogP contribution in [-0.4, -0.2) is 51.8 Å². The van der Waals surface area contributed by atoms with Crippen LogP contribution in [0.4, 0.5) is 10.5 Å². The highest BCUT2D eigenvalue weighted by Gasteiger charge is 2.34. The summed E-state index contributed by atoms with van der Waals surface area (Å²) in [5, 5.41) is 2.42. The standard InChI is InChI=1S/C19H30ClN3O5S2/c1-12(2)16-10-14(20)11-17(13(3)4)18(16)21-19(24)22-30(27,28)15-6-8-23(9-7-15)29(5,25)26/h10-13,15H,6-9H2,1-5H3,(H2,21,22,24). The number of halogens is 1. The molecule has 0 spiro atoms. The normalized spacial score (nSPS) is 16.8. The van der Waals surface area contributed by atoms with Crippen molar-refractivity contribution < 1.29 is 21.6 Å². The van der Waals surface area contributed by atoms with Gasteiger partial charge in [-0.25, -0.2) is 30.7 Å². The van der Waals surface area contributed by atoms with Gasteiger partial charge in [0.2, 0.25) is 20.0 Å². The molecule has 170 valence electrons. The largest absolute Gasteiger partial charge is 0.332 e. The van der Waals surface area contributed by atoms with Crippen LogP contribution in [0.25, 0.3) is 0 Å². The molecule has 1 aromatic rings. The molecular formula is C19H30ClN3O5S2. The molecule has 1 saturated heterocycles. The monoisotopic (exact) mass is 479 g/mol. The second-order valence-electron chi connectivity index (χ2n) is 8.23. The highest BCUT2D eigenvalue weighted by atomic mass is 35.5. The number of urea groups is 1. The molecule has 2 amide bonds. The van der Waals surface area contributed by atoms with Crippen LogP contribution in [0.5, 0.6) is 0 Å². The van der Waals surface area contributed by atoms with Crippen LogP contribution in [0.2, 0.25) is 5.02 Å². The molecule has 0 radical (unpaired) electrons. The van der Waals surface area contributed by atoms with Crippen molar-refractivity contribution in [2.75, 3.05) is 24.7 Å². The van der Waals surface area contributed by atoms with Crippen molar-refractivity contribution in [3.63, 3.8) is 0 Å². The maximum atomic E-state index is 12.7. The number of piperidine rings is 1. The van der Waals surface area contributed by atoms with Crippen molar-refractivity contribution in [3.8, 4) is 0 Å². The Labute approximate surface area is 184 Å². The zero-order valence-electron chi connectivity index (χ0n) is 17.9. The van der Waals surface area contributed by atoms with E-state index in [1.807, 2.05) is 27.7 Å². The van der Waals surface area contributed by atoms with Crippen molar-refractivity contribution in [1.82, 2.24) is 9.03 Å². The van der Waals surface area contributed by atoms with E-state index in [0.29, 0.717) is 10.7 Å². The zero-order valence-corrected chi connectivity index (χ0v) is 20.3. The van der Waals surface area contributed by atoms with Gasteiger partial charge in [0.1, 0.15) is 0 Å². The van der Waals surface area contributed by atoms with Gasteiger partial charge < -0.3 is 5.32 Å². The topological polar surface area (TPSA) is 113 Å². The number of carbonyl (C=O) groups is 1. The van der Waals surface area contributed by atoms with E-state index in [-0.39, 0.29) is 37.8 Å². The van der Waals surface area contributed by atoms with E-state index >= 15 is 0 Å². The lowest BCUT2D eigenvalue weighted by Gasteiger charge is -2.30. The number of carbonyl (C=O) groups excluding carboxylic acids is 1. The van der Waals surface area contributed by atoms with Gasteiger partial charge in [0.15, 0.2) is 0 Å². The Morgan fingerprint density at radius 2 is 1.50 bits per heavy atom. The summed E-state index contributed by atoms with van der Waals surface area (Å²) in [4.78, 5) is 12.6. The molecule has 0 aliphatic carbocycles. The van der Waals surface area contributed by atoms with Gasteiger partial charge in [-0.2, -0.15) is 0 Å². The second kappa shape index (κ2) is 9.42. The fourth-order valence-corrected chi connectivity index (χ4v) is 5.95. The van der Waals surface area contributed by atoms with E-state index < -0.39 is 31.3 Å². The Morgan fingerprint density at radius 1 is 1.03 bits per heavy atom. The highest BCUT2D eigenvalue weighted by molar-refractivity contribution is 7.90. The summed E-state index contributed by atoms with van der Waals surface area (Å²) < 4.78 is 51.9. The molecule has 1 fully saturated rings. The maximum absolute atomic E-state index is 12.7. The third-order valence-corrected chi connectivity index (χ3v) is 8.53. The van der Waals surface area contributed by atoms with Crippen LogP contribution in [0.1, 0.15) is 63.5 Å². The molecule has 11 heteroatoms. The SMILES string of the molecule is CC(C)c1cc(Cl)cc(C(C)C)c1NC(=O)NS(=O)(=O)C1CCN(S(C)(=O)=O)CC1. The van der Waals surface area contributed by atoms with Crippen LogP contribution in [-0.2, 0) is 20.0 Å². The molecule has 1 aromatic carbocycles. The van der Waals surface area contributed by atoms with Gasteiger partial charge in [-0.1, -0.05) is 39.3 Å². The van der Waals surface area contributed by atoms with Crippen LogP contribution in [0.3, 0.4) is 0 Å². The number of rotatable bonds is 6. The predicted molar refractivity (Wildman–Crippen MR) is 120 cm³/mol. The van der Waals surface area contributed by atoms with Crippen molar-refractivity contribution in [1.29, 1.82) is 0 Å². The van der Waals surface area contributed by atoms with Crippen LogP contribution in [0, 0.1) is 0 Å². The molecule has 0 saturated carbocycles. The summed E-state index contributed by atoms with van der Waals surface area (Å²) in [5.74, 6) is 0.127. The van der Waals surface area contributed by atoms with Gasteiger partial charge in [0, 0.05) is 23.8 Å². The molecule has 2 N–H and O–H groups in total. The number of nitrogens with one attached hydrogen (secondary N) is 2. The van der Waals surface area contributed by atoms with Crippen molar-refractivity contribution in [2.24, 2.45) is 0 Å². The molecule has 0 unspecified atom stereocenters. The minimum absolute atomic E-state index is 0.0634. The summed E-state index contributed by atoms with van der Waals surface area (Å²) in [5.41, 5.74) is 2.20. The number of anilines is 1. The third kappa shape index (κ3) is 6.09. The lowest BCUT2D eigenvalue weighted by atomic mass is 9.92. The van der Waals surface area contributed by atoms with Gasteiger partial charge in [0.05, 0.1) is 11.5 Å². The average Bonchev–Trinajstić information content (AvgIpc) is 2.61. The first-order chi connectivity index (χ1) is 13.7. The Kier molecular flexibility index (Phi) is 7.82. The predicted octanol–water partition coefficient (Wildman–Crippen LogP) is 3.46. The van der Waals surface area contributed by atoms with E-state index in [1.54, 1.807) is 12.1 Å². The highest BCUT2D eigenvalue weighted by Crippen LogP contribution is 2.35. The third-order valence-electron chi connectivity index (χ3n) is 5.19. The second-order valence-corrected chi connectivity index (χ2v) is 12.6. The first-order valence-electron chi connectivity index (χ1n) is 9.83. The number of hydrogen-bond donors (Lipinski definition) is 2. The summed E-state index contributed by atoms with van der Waals surface area (Å²) in [6.45, 7) is 8.07. The molecule has 1 heterocycles. The van der Waals surface area contributed by atoms with E-state index in [4.69, 9.17) is 11.6 Å². The Balaban J connectivity index is 2.18. The first-order valence-corrected chi connectivity index (χ1v) is 13.6. The van der Waals surface area contributed by atoms with Gasteiger partial charge in [-0.15, -0.1) is 0 Å². The van der Waals surface area contributed by atoms with Crippen molar-refractivity contribution in [3.05, 3.63) is 28.3 Å². The van der Waals surface area contributed by atoms with Crippen molar-refractivity contribution in [2.45, 2.75) is 57.6 Å². The maximum Gasteiger partial charge on any atom is 0.332 e. The Hall–Kier alpha value is -1.36. The lowest BCUT2D eigenvalue weighted by Crippen LogP contribution is -2.47. The number of benzene rings is 1. The van der Waals surface area contributed by atoms with Crippen LogP contribution in [0.15, 0.2) is 12.1 Å². The molecule has 1 aliphatic rings. The van der Waals surface area contributed by atoms with Gasteiger partial charge >= 0.3 is 6.03 Å². The Morgan fingerprint density at radius 3 is 1.90 bits per heavy atom. The quantitative estimate of drug-likeness (QED) is 0.648. The number of nitrogens with zero attached hydrogens (tertiary/aromatic N) is 1. The van der Waals surface area contributed by atoms with E-state index in [2.05, 4.69) is 10.0 Å². The van der Waals surface area contributed by atoms with Crippen LogP contribution >= 0.6 is 11.6 Å². The van der Waals surface area contributed by atoms with Crippen LogP contribution < -0.4 is 10.0 Å². The molecule has 0 bridgehead atoms.